The zero-order valence-corrected chi connectivity index (χ0v) is 9.47. The van der Waals surface area contributed by atoms with Crippen LogP contribution in [0, 0.1) is 17.6 Å². The molecule has 1 nitrogen and oxygen atoms in total. The lowest BCUT2D eigenvalue weighted by molar-refractivity contribution is 0.157. The number of halogens is 3. The van der Waals surface area contributed by atoms with E-state index in [4.69, 9.17) is 11.6 Å². The van der Waals surface area contributed by atoms with Crippen molar-refractivity contribution in [1.29, 1.82) is 0 Å². The average molecular weight is 247 g/mol. The first-order valence-electron chi connectivity index (χ1n) is 5.40. The maximum atomic E-state index is 13.4. The maximum absolute atomic E-state index is 13.4. The second-order valence-corrected chi connectivity index (χ2v) is 4.73. The number of benzene rings is 1. The minimum atomic E-state index is -0.938. The highest BCUT2D eigenvalue weighted by molar-refractivity contribution is 6.30. The molecule has 4 heteroatoms. The second-order valence-electron chi connectivity index (χ2n) is 4.32. The molecule has 0 spiro atoms. The van der Waals surface area contributed by atoms with Gasteiger partial charge in [-0.25, -0.2) is 8.78 Å². The molecule has 1 saturated carbocycles. The van der Waals surface area contributed by atoms with Crippen LogP contribution in [0.5, 0.6) is 0 Å². The van der Waals surface area contributed by atoms with Crippen LogP contribution in [0.3, 0.4) is 0 Å². The normalized spacial score (nSPS) is 17.5. The lowest BCUT2D eigenvalue weighted by Crippen LogP contribution is -2.02. The zero-order valence-electron chi connectivity index (χ0n) is 8.72. The van der Waals surface area contributed by atoms with Crippen LogP contribution in [-0.2, 0) is 0 Å². The first kappa shape index (κ1) is 11.8. The molecule has 0 aromatic heterocycles. The summed E-state index contributed by atoms with van der Waals surface area (Å²) in [4.78, 5) is 0. The Hall–Kier alpha value is -0.670. The van der Waals surface area contributed by atoms with E-state index in [1.807, 2.05) is 0 Å². The molecule has 1 fully saturated rings. The topological polar surface area (TPSA) is 20.2 Å². The fourth-order valence-corrected chi connectivity index (χ4v) is 1.90. The van der Waals surface area contributed by atoms with E-state index < -0.39 is 17.7 Å². The van der Waals surface area contributed by atoms with E-state index in [0.717, 1.165) is 18.6 Å². The van der Waals surface area contributed by atoms with E-state index in [0.29, 0.717) is 12.3 Å². The number of rotatable bonds is 4. The first-order valence-corrected chi connectivity index (χ1v) is 5.78. The molecule has 1 N–H and O–H groups in total. The molecule has 1 aromatic rings. The van der Waals surface area contributed by atoms with Gasteiger partial charge < -0.3 is 5.11 Å². The smallest absolute Gasteiger partial charge is 0.142 e. The molecule has 1 aromatic carbocycles. The third-order valence-corrected chi connectivity index (χ3v) is 3.23. The van der Waals surface area contributed by atoms with Gasteiger partial charge in [-0.05, 0) is 30.9 Å². The van der Waals surface area contributed by atoms with Crippen molar-refractivity contribution in [3.8, 4) is 0 Å². The predicted molar refractivity (Wildman–Crippen MR) is 58.3 cm³/mol. The third-order valence-electron chi connectivity index (χ3n) is 2.94. The summed E-state index contributed by atoms with van der Waals surface area (Å²) >= 11 is 5.43. The molecule has 2 rings (SSSR count). The Morgan fingerprint density at radius 1 is 1.31 bits per heavy atom. The van der Waals surface area contributed by atoms with Gasteiger partial charge in [-0.15, -0.1) is 0 Å². The fourth-order valence-electron chi connectivity index (χ4n) is 1.75. The summed E-state index contributed by atoms with van der Waals surface area (Å²) in [7, 11) is 0. The molecule has 0 saturated heterocycles. The van der Waals surface area contributed by atoms with Crippen LogP contribution in [0.15, 0.2) is 12.1 Å². The third kappa shape index (κ3) is 2.71. The van der Waals surface area contributed by atoms with Crippen molar-refractivity contribution in [1.82, 2.24) is 0 Å². The molecular formula is C12H13ClF2O. The second kappa shape index (κ2) is 4.68. The Morgan fingerprint density at radius 2 is 2.00 bits per heavy atom. The van der Waals surface area contributed by atoms with Crippen LogP contribution in [0.4, 0.5) is 8.78 Å². The molecule has 16 heavy (non-hydrogen) atoms. The summed E-state index contributed by atoms with van der Waals surface area (Å²) < 4.78 is 26.5. The molecule has 88 valence electrons. The minimum absolute atomic E-state index is 0.00236. The van der Waals surface area contributed by atoms with Crippen molar-refractivity contribution in [2.45, 2.75) is 31.8 Å². The number of aliphatic hydroxyl groups excluding tert-OH is 1. The van der Waals surface area contributed by atoms with Crippen LogP contribution in [-0.4, -0.2) is 5.11 Å². The molecule has 1 aliphatic rings. The Balaban J connectivity index is 2.08. The average Bonchev–Trinajstić information content (AvgIpc) is 3.03. The van der Waals surface area contributed by atoms with Crippen molar-refractivity contribution in [2.24, 2.45) is 5.92 Å². The van der Waals surface area contributed by atoms with Crippen molar-refractivity contribution in [3.05, 3.63) is 34.4 Å². The van der Waals surface area contributed by atoms with E-state index >= 15 is 0 Å². The molecule has 1 unspecified atom stereocenters. The SMILES string of the molecule is OC(CCC1CC1)c1cc(F)c(Cl)cc1F. The van der Waals surface area contributed by atoms with Gasteiger partial charge in [-0.2, -0.15) is 0 Å². The van der Waals surface area contributed by atoms with Crippen molar-refractivity contribution in [2.75, 3.05) is 0 Å². The van der Waals surface area contributed by atoms with Gasteiger partial charge in [0.2, 0.25) is 0 Å². The standard InChI is InChI=1S/C12H13ClF2O/c13-9-6-10(14)8(5-11(9)15)12(16)4-3-7-1-2-7/h5-7,12,16H,1-4H2. The first-order chi connectivity index (χ1) is 7.58. The largest absolute Gasteiger partial charge is 0.388 e. The van der Waals surface area contributed by atoms with Gasteiger partial charge in [-0.3, -0.25) is 0 Å². The van der Waals surface area contributed by atoms with Crippen LogP contribution in [0.1, 0.15) is 37.4 Å². The van der Waals surface area contributed by atoms with Gasteiger partial charge >= 0.3 is 0 Å². The summed E-state index contributed by atoms with van der Waals surface area (Å²) in [5, 5.41) is 9.49. The van der Waals surface area contributed by atoms with Crippen molar-refractivity contribution < 1.29 is 13.9 Å². The highest BCUT2D eigenvalue weighted by Gasteiger charge is 2.23. The van der Waals surface area contributed by atoms with Crippen molar-refractivity contribution in [3.63, 3.8) is 0 Å². The highest BCUT2D eigenvalue weighted by Crippen LogP contribution is 2.36. The summed E-state index contributed by atoms with van der Waals surface area (Å²) in [5.41, 5.74) is 0.00236. The van der Waals surface area contributed by atoms with E-state index in [1.54, 1.807) is 0 Å². The van der Waals surface area contributed by atoms with E-state index in [1.165, 1.54) is 12.8 Å². The molecule has 0 bridgehead atoms. The Labute approximate surface area is 98.0 Å². The number of hydrogen-bond acceptors (Lipinski definition) is 1. The van der Waals surface area contributed by atoms with Gasteiger partial charge in [0.1, 0.15) is 11.6 Å². The van der Waals surface area contributed by atoms with E-state index in [9.17, 15) is 13.9 Å². The molecule has 1 atom stereocenters. The van der Waals surface area contributed by atoms with E-state index in [2.05, 4.69) is 0 Å². The van der Waals surface area contributed by atoms with Crippen LogP contribution in [0.2, 0.25) is 5.02 Å². The molecule has 1 aliphatic carbocycles. The number of aliphatic hydroxyl groups is 1. The molecule has 0 aliphatic heterocycles. The zero-order chi connectivity index (χ0) is 11.7. The Bertz CT molecular complexity index is 391. The maximum Gasteiger partial charge on any atom is 0.142 e. The van der Waals surface area contributed by atoms with Gasteiger partial charge in [-0.1, -0.05) is 24.4 Å². The van der Waals surface area contributed by atoms with Gasteiger partial charge in [0.15, 0.2) is 0 Å². The van der Waals surface area contributed by atoms with E-state index in [-0.39, 0.29) is 10.6 Å². The predicted octanol–water partition coefficient (Wildman–Crippen LogP) is 3.84. The molecule has 0 amide bonds. The van der Waals surface area contributed by atoms with Crippen LogP contribution >= 0.6 is 11.6 Å². The monoisotopic (exact) mass is 246 g/mol. The van der Waals surface area contributed by atoms with Crippen LogP contribution in [0.25, 0.3) is 0 Å². The van der Waals surface area contributed by atoms with Crippen molar-refractivity contribution >= 4 is 11.6 Å². The molecule has 0 radical (unpaired) electrons. The summed E-state index contributed by atoms with van der Waals surface area (Å²) in [6.07, 6.45) is 2.77. The molecule has 0 heterocycles. The van der Waals surface area contributed by atoms with Gasteiger partial charge in [0.05, 0.1) is 11.1 Å². The lowest BCUT2D eigenvalue weighted by atomic mass is 10.0. The Kier molecular flexibility index (Phi) is 3.45. The lowest BCUT2D eigenvalue weighted by Gasteiger charge is -2.12. The summed E-state index contributed by atoms with van der Waals surface area (Å²) in [5.74, 6) is -0.673. The summed E-state index contributed by atoms with van der Waals surface area (Å²) in [6.45, 7) is 0. The van der Waals surface area contributed by atoms with Gasteiger partial charge in [0.25, 0.3) is 0 Å². The number of hydrogen-bond donors (Lipinski definition) is 1. The summed E-state index contributed by atoms with van der Waals surface area (Å²) in [6, 6.07) is 1.89. The quantitative estimate of drug-likeness (QED) is 0.801. The van der Waals surface area contributed by atoms with Crippen LogP contribution < -0.4 is 0 Å². The minimum Gasteiger partial charge on any atom is -0.388 e. The Morgan fingerprint density at radius 3 is 2.62 bits per heavy atom. The highest BCUT2D eigenvalue weighted by atomic mass is 35.5. The van der Waals surface area contributed by atoms with Gasteiger partial charge in [0, 0.05) is 5.56 Å². The fraction of sp³-hybridized carbons (Fsp3) is 0.500. The molecular weight excluding hydrogens is 234 g/mol.